The number of hydrogen-bond donors (Lipinski definition) is 2. The minimum atomic E-state index is -3.70. The van der Waals surface area contributed by atoms with Crippen molar-refractivity contribution in [3.63, 3.8) is 0 Å². The van der Waals surface area contributed by atoms with Crippen LogP contribution in [0.4, 0.5) is 5.69 Å². The summed E-state index contributed by atoms with van der Waals surface area (Å²) >= 11 is 9.18. The summed E-state index contributed by atoms with van der Waals surface area (Å²) in [5, 5.41) is 6.96. The van der Waals surface area contributed by atoms with E-state index in [2.05, 4.69) is 30.8 Å². The van der Waals surface area contributed by atoms with E-state index in [0.29, 0.717) is 26.6 Å². The number of sulfonamides is 1. The van der Waals surface area contributed by atoms with E-state index in [1.54, 1.807) is 32.0 Å². The van der Waals surface area contributed by atoms with Crippen LogP contribution in [0.15, 0.2) is 27.6 Å². The van der Waals surface area contributed by atoms with Crippen LogP contribution >= 0.6 is 27.5 Å². The largest absolute Gasteiger partial charge is 0.281 e. The zero-order valence-electron chi connectivity index (χ0n) is 10.2. The summed E-state index contributed by atoms with van der Waals surface area (Å²) in [5.74, 6) is 0. The van der Waals surface area contributed by atoms with Gasteiger partial charge >= 0.3 is 0 Å². The van der Waals surface area contributed by atoms with Crippen LogP contribution in [-0.4, -0.2) is 18.6 Å². The first kappa shape index (κ1) is 14.4. The molecule has 2 rings (SSSR count). The molecule has 0 aliphatic heterocycles. The van der Waals surface area contributed by atoms with Crippen molar-refractivity contribution in [1.29, 1.82) is 0 Å². The highest BCUT2D eigenvalue weighted by molar-refractivity contribution is 9.10. The number of rotatable bonds is 3. The van der Waals surface area contributed by atoms with E-state index in [1.165, 1.54) is 0 Å². The van der Waals surface area contributed by atoms with E-state index < -0.39 is 10.0 Å². The molecule has 0 saturated heterocycles. The molecule has 0 bridgehead atoms. The highest BCUT2D eigenvalue weighted by atomic mass is 79.9. The predicted octanol–water partition coefficient (Wildman–Crippen LogP) is 3.24. The lowest BCUT2D eigenvalue weighted by molar-refractivity contribution is 0.600. The zero-order valence-corrected chi connectivity index (χ0v) is 13.3. The van der Waals surface area contributed by atoms with Crippen LogP contribution in [0.1, 0.15) is 11.4 Å². The Bertz CT molecular complexity index is 708. The van der Waals surface area contributed by atoms with Crippen molar-refractivity contribution < 1.29 is 8.42 Å². The molecule has 0 fully saturated rings. The number of H-pyrrole nitrogens is 1. The lowest BCUT2D eigenvalue weighted by atomic mass is 10.3. The zero-order chi connectivity index (χ0) is 14.2. The molecule has 0 amide bonds. The van der Waals surface area contributed by atoms with Gasteiger partial charge in [0.05, 0.1) is 26.6 Å². The second-order valence-electron chi connectivity index (χ2n) is 3.97. The van der Waals surface area contributed by atoms with Gasteiger partial charge in [-0.2, -0.15) is 5.10 Å². The number of nitrogens with zero attached hydrogens (tertiary/aromatic N) is 1. The molecule has 5 nitrogen and oxygen atoms in total. The molecule has 1 heterocycles. The Balaban J connectivity index is 2.46. The van der Waals surface area contributed by atoms with Crippen molar-refractivity contribution in [3.8, 4) is 0 Å². The first-order chi connectivity index (χ1) is 8.83. The van der Waals surface area contributed by atoms with E-state index >= 15 is 0 Å². The molecule has 0 spiro atoms. The Morgan fingerprint density at radius 1 is 1.37 bits per heavy atom. The van der Waals surface area contributed by atoms with Crippen molar-refractivity contribution in [3.05, 3.63) is 39.1 Å². The van der Waals surface area contributed by atoms with Crippen molar-refractivity contribution in [2.45, 2.75) is 18.7 Å². The van der Waals surface area contributed by atoms with Crippen LogP contribution in [0.5, 0.6) is 0 Å². The molecule has 102 valence electrons. The number of aromatic amines is 1. The highest BCUT2D eigenvalue weighted by Crippen LogP contribution is 2.32. The Labute approximate surface area is 124 Å². The second kappa shape index (κ2) is 5.15. The van der Waals surface area contributed by atoms with Crippen LogP contribution in [0.2, 0.25) is 5.02 Å². The predicted molar refractivity (Wildman–Crippen MR) is 78.0 cm³/mol. The number of halogens is 2. The minimum Gasteiger partial charge on any atom is -0.281 e. The third-order valence-corrected chi connectivity index (χ3v) is 5.55. The molecule has 8 heteroatoms. The van der Waals surface area contributed by atoms with Gasteiger partial charge in [0, 0.05) is 0 Å². The van der Waals surface area contributed by atoms with Crippen LogP contribution in [0.25, 0.3) is 0 Å². The molecule has 0 atom stereocenters. The van der Waals surface area contributed by atoms with E-state index in [4.69, 9.17) is 11.6 Å². The molecule has 2 N–H and O–H groups in total. The fourth-order valence-corrected chi connectivity index (χ4v) is 3.83. The number of nitrogens with one attached hydrogen (secondary N) is 2. The van der Waals surface area contributed by atoms with Crippen molar-refractivity contribution in [1.82, 2.24) is 10.2 Å². The Hall–Kier alpha value is -1.05. The van der Waals surface area contributed by atoms with Crippen molar-refractivity contribution in [2.24, 2.45) is 0 Å². The van der Waals surface area contributed by atoms with E-state index in [-0.39, 0.29) is 4.90 Å². The second-order valence-corrected chi connectivity index (χ2v) is 6.79. The van der Waals surface area contributed by atoms with Crippen LogP contribution < -0.4 is 4.72 Å². The standard InChI is InChI=1S/C11H11BrClN3O2S/c1-6-11(7(2)15-14-6)19(17,18)16-9-5-3-4-8(13)10(9)12/h3-5,16H,1-2H3,(H,14,15). The van der Waals surface area contributed by atoms with Crippen LogP contribution in [0, 0.1) is 13.8 Å². The summed E-state index contributed by atoms with van der Waals surface area (Å²) in [4.78, 5) is 0.152. The molecule has 0 radical (unpaired) electrons. The minimum absolute atomic E-state index is 0.152. The maximum Gasteiger partial charge on any atom is 0.265 e. The molecule has 1 aromatic heterocycles. The first-order valence-corrected chi connectivity index (χ1v) is 7.96. The van der Waals surface area contributed by atoms with E-state index in [1.807, 2.05) is 0 Å². The summed E-state index contributed by atoms with van der Waals surface area (Å²) in [6.45, 7) is 3.28. The summed E-state index contributed by atoms with van der Waals surface area (Å²) < 4.78 is 27.7. The van der Waals surface area contributed by atoms with Gasteiger partial charge in [-0.05, 0) is 41.9 Å². The smallest absolute Gasteiger partial charge is 0.265 e. The first-order valence-electron chi connectivity index (χ1n) is 5.31. The van der Waals surface area contributed by atoms with Crippen molar-refractivity contribution in [2.75, 3.05) is 4.72 Å². The number of aryl methyl sites for hydroxylation is 2. The normalized spacial score (nSPS) is 11.6. The molecule has 19 heavy (non-hydrogen) atoms. The maximum atomic E-state index is 12.3. The molecule has 0 aliphatic carbocycles. The number of aromatic nitrogens is 2. The van der Waals surface area contributed by atoms with Gasteiger partial charge in [0.2, 0.25) is 0 Å². The molecular formula is C11H11BrClN3O2S. The third-order valence-electron chi connectivity index (χ3n) is 2.53. The summed E-state index contributed by atoms with van der Waals surface area (Å²) in [6, 6.07) is 4.95. The average Bonchev–Trinajstić information content (AvgIpc) is 2.65. The van der Waals surface area contributed by atoms with Gasteiger partial charge in [-0.25, -0.2) is 8.42 Å². The average molecular weight is 365 g/mol. The van der Waals surface area contributed by atoms with Crippen LogP contribution in [-0.2, 0) is 10.0 Å². The van der Waals surface area contributed by atoms with Gasteiger partial charge < -0.3 is 0 Å². The topological polar surface area (TPSA) is 74.8 Å². The van der Waals surface area contributed by atoms with Gasteiger partial charge in [-0.3, -0.25) is 9.82 Å². The molecule has 0 aliphatic rings. The Morgan fingerprint density at radius 2 is 2.05 bits per heavy atom. The molecule has 0 saturated carbocycles. The Kier molecular flexibility index (Phi) is 3.89. The third kappa shape index (κ3) is 2.77. The fraction of sp³-hybridized carbons (Fsp3) is 0.182. The Morgan fingerprint density at radius 3 is 2.63 bits per heavy atom. The number of anilines is 1. The number of benzene rings is 1. The molecule has 1 aromatic carbocycles. The maximum absolute atomic E-state index is 12.3. The van der Waals surface area contributed by atoms with Gasteiger partial charge in [0.15, 0.2) is 0 Å². The van der Waals surface area contributed by atoms with Gasteiger partial charge in [0.1, 0.15) is 4.90 Å². The quantitative estimate of drug-likeness (QED) is 0.878. The van der Waals surface area contributed by atoms with Gasteiger partial charge in [0.25, 0.3) is 10.0 Å². The fourth-order valence-electron chi connectivity index (χ4n) is 1.72. The highest BCUT2D eigenvalue weighted by Gasteiger charge is 2.23. The number of hydrogen-bond acceptors (Lipinski definition) is 3. The lowest BCUT2D eigenvalue weighted by Crippen LogP contribution is -2.15. The SMILES string of the molecule is Cc1n[nH]c(C)c1S(=O)(=O)Nc1cccc(Cl)c1Br. The summed E-state index contributed by atoms with van der Waals surface area (Å²) in [5.41, 5.74) is 1.29. The van der Waals surface area contributed by atoms with Crippen molar-refractivity contribution >= 4 is 43.2 Å². The molecule has 2 aromatic rings. The summed E-state index contributed by atoms with van der Waals surface area (Å²) in [6.07, 6.45) is 0. The molecule has 0 unspecified atom stereocenters. The van der Waals surface area contributed by atoms with E-state index in [9.17, 15) is 8.42 Å². The summed E-state index contributed by atoms with van der Waals surface area (Å²) in [7, 11) is -3.70. The van der Waals surface area contributed by atoms with Gasteiger partial charge in [-0.1, -0.05) is 17.7 Å². The van der Waals surface area contributed by atoms with Crippen LogP contribution in [0.3, 0.4) is 0 Å². The molecular weight excluding hydrogens is 354 g/mol. The monoisotopic (exact) mass is 363 g/mol. The van der Waals surface area contributed by atoms with Gasteiger partial charge in [-0.15, -0.1) is 0 Å². The lowest BCUT2D eigenvalue weighted by Gasteiger charge is -2.10. The van der Waals surface area contributed by atoms with E-state index in [0.717, 1.165) is 0 Å².